The minimum Gasteiger partial charge on any atom is -0.504 e. The summed E-state index contributed by atoms with van der Waals surface area (Å²) in [5, 5.41) is 29.0. The van der Waals surface area contributed by atoms with Gasteiger partial charge in [0.2, 0.25) is 0 Å². The molecular weight excluding hydrogens is 244 g/mol. The van der Waals surface area contributed by atoms with E-state index in [1.165, 1.54) is 12.1 Å². The minimum atomic E-state index is -0.682. The predicted octanol–water partition coefficient (Wildman–Crippen LogP) is 2.13. The molecule has 3 rings (SSSR count). The molecule has 3 N–H and O–H groups in total. The Balaban J connectivity index is 1.96. The summed E-state index contributed by atoms with van der Waals surface area (Å²) in [6.07, 6.45) is -0.720. The molecule has 1 aliphatic heterocycles. The number of benzene rings is 2. The van der Waals surface area contributed by atoms with Crippen LogP contribution >= 0.6 is 0 Å². The van der Waals surface area contributed by atoms with Crippen LogP contribution < -0.4 is 4.74 Å². The number of aliphatic hydroxyl groups excluding tert-OH is 1. The Morgan fingerprint density at radius 3 is 2.58 bits per heavy atom. The van der Waals surface area contributed by atoms with E-state index in [4.69, 9.17) is 4.74 Å². The second-order valence-corrected chi connectivity index (χ2v) is 4.67. The van der Waals surface area contributed by atoms with Crippen molar-refractivity contribution in [1.29, 1.82) is 0 Å². The number of hydrogen-bond acceptors (Lipinski definition) is 4. The fourth-order valence-electron chi connectivity index (χ4n) is 2.34. The fraction of sp³-hybridized carbons (Fsp3) is 0.200. The molecular formula is C15H14O4. The summed E-state index contributed by atoms with van der Waals surface area (Å²) < 4.78 is 5.78. The van der Waals surface area contributed by atoms with Crippen molar-refractivity contribution < 1.29 is 20.1 Å². The Bertz CT molecular complexity index is 609. The lowest BCUT2D eigenvalue weighted by atomic mass is 9.94. The molecule has 0 bridgehead atoms. The SMILES string of the molecule is Oc1ccc([C@H]2Oc3ccccc3C[C@@H]2O)cc1O. The number of aliphatic hydroxyl groups is 1. The molecule has 4 nitrogen and oxygen atoms in total. The van der Waals surface area contributed by atoms with Gasteiger partial charge < -0.3 is 20.1 Å². The van der Waals surface area contributed by atoms with Gasteiger partial charge in [-0.25, -0.2) is 0 Å². The Kier molecular flexibility index (Phi) is 2.80. The van der Waals surface area contributed by atoms with Gasteiger partial charge in [0.1, 0.15) is 11.9 Å². The van der Waals surface area contributed by atoms with Crippen molar-refractivity contribution in [3.05, 3.63) is 53.6 Å². The monoisotopic (exact) mass is 258 g/mol. The molecule has 1 aliphatic rings. The third kappa shape index (κ3) is 2.11. The molecule has 0 unspecified atom stereocenters. The van der Waals surface area contributed by atoms with E-state index < -0.39 is 12.2 Å². The number of phenols is 2. The van der Waals surface area contributed by atoms with E-state index in [1.807, 2.05) is 24.3 Å². The molecule has 0 saturated heterocycles. The lowest BCUT2D eigenvalue weighted by Gasteiger charge is -2.30. The van der Waals surface area contributed by atoms with E-state index in [0.29, 0.717) is 12.0 Å². The molecule has 1 heterocycles. The molecule has 0 spiro atoms. The maximum absolute atomic E-state index is 10.2. The van der Waals surface area contributed by atoms with Gasteiger partial charge in [-0.15, -0.1) is 0 Å². The van der Waals surface area contributed by atoms with Crippen LogP contribution in [-0.2, 0) is 6.42 Å². The summed E-state index contributed by atoms with van der Waals surface area (Å²) in [5.74, 6) is 0.340. The van der Waals surface area contributed by atoms with Gasteiger partial charge in [-0.2, -0.15) is 0 Å². The molecule has 0 fully saturated rings. The van der Waals surface area contributed by atoms with Crippen LogP contribution in [0.25, 0.3) is 0 Å². The predicted molar refractivity (Wildman–Crippen MR) is 69.3 cm³/mol. The molecule has 0 saturated carbocycles. The molecule has 0 radical (unpaired) electrons. The van der Waals surface area contributed by atoms with Crippen LogP contribution in [-0.4, -0.2) is 21.4 Å². The Hall–Kier alpha value is -2.20. The Morgan fingerprint density at radius 2 is 1.79 bits per heavy atom. The first kappa shape index (κ1) is 11.9. The first-order valence-corrected chi connectivity index (χ1v) is 6.09. The minimum absolute atomic E-state index is 0.186. The average Bonchev–Trinajstić information content (AvgIpc) is 2.41. The van der Waals surface area contributed by atoms with E-state index in [9.17, 15) is 15.3 Å². The highest BCUT2D eigenvalue weighted by Crippen LogP contribution is 2.37. The maximum Gasteiger partial charge on any atom is 0.157 e. The topological polar surface area (TPSA) is 69.9 Å². The van der Waals surface area contributed by atoms with Crippen molar-refractivity contribution in [1.82, 2.24) is 0 Å². The molecule has 19 heavy (non-hydrogen) atoms. The second-order valence-electron chi connectivity index (χ2n) is 4.67. The van der Waals surface area contributed by atoms with Gasteiger partial charge in [0.15, 0.2) is 11.5 Å². The molecule has 98 valence electrons. The number of phenolic OH excluding ortho intramolecular Hbond substituents is 2. The highest BCUT2D eigenvalue weighted by Gasteiger charge is 2.30. The van der Waals surface area contributed by atoms with E-state index in [-0.39, 0.29) is 11.5 Å². The van der Waals surface area contributed by atoms with Crippen LogP contribution in [0.2, 0.25) is 0 Å². The van der Waals surface area contributed by atoms with E-state index >= 15 is 0 Å². The highest BCUT2D eigenvalue weighted by atomic mass is 16.5. The van der Waals surface area contributed by atoms with Gasteiger partial charge in [-0.05, 0) is 29.3 Å². The summed E-state index contributed by atoms with van der Waals surface area (Å²) in [6, 6.07) is 12.0. The van der Waals surface area contributed by atoms with Crippen molar-refractivity contribution in [2.45, 2.75) is 18.6 Å². The number of para-hydroxylation sites is 1. The Labute approximate surface area is 110 Å². The summed E-state index contributed by atoms with van der Waals surface area (Å²) in [4.78, 5) is 0. The lowest BCUT2D eigenvalue weighted by Crippen LogP contribution is -2.30. The van der Waals surface area contributed by atoms with Gasteiger partial charge in [-0.3, -0.25) is 0 Å². The third-order valence-electron chi connectivity index (χ3n) is 3.33. The normalized spacial score (nSPS) is 21.5. The second kappa shape index (κ2) is 4.48. The molecule has 2 atom stereocenters. The molecule has 0 aromatic heterocycles. The van der Waals surface area contributed by atoms with E-state index in [1.54, 1.807) is 6.07 Å². The number of fused-ring (bicyclic) bond motifs is 1. The maximum atomic E-state index is 10.2. The average molecular weight is 258 g/mol. The largest absolute Gasteiger partial charge is 0.504 e. The van der Waals surface area contributed by atoms with E-state index in [2.05, 4.69) is 0 Å². The van der Waals surface area contributed by atoms with Crippen LogP contribution in [0.15, 0.2) is 42.5 Å². The molecule has 4 heteroatoms. The van der Waals surface area contributed by atoms with Crippen molar-refractivity contribution >= 4 is 0 Å². The van der Waals surface area contributed by atoms with Gasteiger partial charge in [0, 0.05) is 6.42 Å². The summed E-state index contributed by atoms with van der Waals surface area (Å²) >= 11 is 0. The smallest absolute Gasteiger partial charge is 0.157 e. The fourth-order valence-corrected chi connectivity index (χ4v) is 2.34. The zero-order valence-corrected chi connectivity index (χ0v) is 10.2. The number of aromatic hydroxyl groups is 2. The van der Waals surface area contributed by atoms with Crippen molar-refractivity contribution in [2.75, 3.05) is 0 Å². The van der Waals surface area contributed by atoms with Crippen molar-refractivity contribution in [3.63, 3.8) is 0 Å². The highest BCUT2D eigenvalue weighted by molar-refractivity contribution is 5.43. The van der Waals surface area contributed by atoms with Gasteiger partial charge in [0.05, 0.1) is 6.10 Å². The molecule has 0 aliphatic carbocycles. The Morgan fingerprint density at radius 1 is 1.00 bits per heavy atom. The number of rotatable bonds is 1. The first-order chi connectivity index (χ1) is 9.15. The standard InChI is InChI=1S/C15H14O4/c16-11-6-5-10(8-12(11)17)15-13(18)7-9-3-1-2-4-14(9)19-15/h1-6,8,13,15-18H,7H2/t13-,15+/m0/s1. The molecule has 2 aromatic carbocycles. The summed E-state index contributed by atoms with van der Waals surface area (Å²) in [7, 11) is 0. The lowest BCUT2D eigenvalue weighted by molar-refractivity contribution is 0.0207. The van der Waals surface area contributed by atoms with Crippen molar-refractivity contribution in [3.8, 4) is 17.2 Å². The third-order valence-corrected chi connectivity index (χ3v) is 3.33. The zero-order chi connectivity index (χ0) is 13.4. The molecule has 2 aromatic rings. The van der Waals surface area contributed by atoms with Gasteiger partial charge in [-0.1, -0.05) is 24.3 Å². The van der Waals surface area contributed by atoms with Crippen LogP contribution in [0, 0.1) is 0 Å². The van der Waals surface area contributed by atoms with E-state index in [0.717, 1.165) is 11.3 Å². The van der Waals surface area contributed by atoms with Crippen LogP contribution in [0.3, 0.4) is 0 Å². The number of hydrogen-bond donors (Lipinski definition) is 3. The quantitative estimate of drug-likeness (QED) is 0.685. The van der Waals surface area contributed by atoms with Crippen LogP contribution in [0.1, 0.15) is 17.2 Å². The summed E-state index contributed by atoms with van der Waals surface area (Å²) in [5.41, 5.74) is 1.60. The van der Waals surface area contributed by atoms with Gasteiger partial charge in [0.25, 0.3) is 0 Å². The number of ether oxygens (including phenoxy) is 1. The molecule has 0 amide bonds. The van der Waals surface area contributed by atoms with Crippen LogP contribution in [0.5, 0.6) is 17.2 Å². The first-order valence-electron chi connectivity index (χ1n) is 6.09. The van der Waals surface area contributed by atoms with Gasteiger partial charge >= 0.3 is 0 Å². The van der Waals surface area contributed by atoms with Crippen LogP contribution in [0.4, 0.5) is 0 Å². The zero-order valence-electron chi connectivity index (χ0n) is 10.2. The summed E-state index contributed by atoms with van der Waals surface area (Å²) in [6.45, 7) is 0. The van der Waals surface area contributed by atoms with Crippen molar-refractivity contribution in [2.24, 2.45) is 0 Å².